The molecule has 21 heavy (non-hydrogen) atoms. The van der Waals surface area contributed by atoms with Gasteiger partial charge in [-0.2, -0.15) is 0 Å². The van der Waals surface area contributed by atoms with Gasteiger partial charge in [-0.05, 0) is 68.8 Å². The van der Waals surface area contributed by atoms with Gasteiger partial charge in [-0.25, -0.2) is 0 Å². The highest BCUT2D eigenvalue weighted by atomic mass is 16.3. The number of rotatable bonds is 5. The molecule has 0 aromatic heterocycles. The van der Waals surface area contributed by atoms with Crippen LogP contribution in [0.25, 0.3) is 0 Å². The van der Waals surface area contributed by atoms with Gasteiger partial charge >= 0.3 is 0 Å². The van der Waals surface area contributed by atoms with Gasteiger partial charge in [-0.1, -0.05) is 6.07 Å². The number of aliphatic hydroxyl groups is 1. The van der Waals surface area contributed by atoms with Crippen molar-refractivity contribution in [2.75, 3.05) is 31.6 Å². The maximum atomic E-state index is 12.1. The molecule has 4 nitrogen and oxygen atoms in total. The normalized spacial score (nSPS) is 19.5. The Kier molecular flexibility index (Phi) is 5.76. The zero-order valence-corrected chi connectivity index (χ0v) is 13.1. The second kappa shape index (κ2) is 7.57. The molecule has 1 heterocycles. The van der Waals surface area contributed by atoms with Crippen LogP contribution in [-0.2, 0) is 4.79 Å². The number of piperidine rings is 1. The first-order valence-electron chi connectivity index (χ1n) is 7.79. The molecular weight excluding hydrogens is 264 g/mol. The van der Waals surface area contributed by atoms with E-state index in [-0.39, 0.29) is 12.5 Å². The molecule has 1 aliphatic heterocycles. The van der Waals surface area contributed by atoms with Gasteiger partial charge in [-0.15, -0.1) is 0 Å². The van der Waals surface area contributed by atoms with Crippen molar-refractivity contribution in [2.24, 2.45) is 5.92 Å². The van der Waals surface area contributed by atoms with Crippen LogP contribution in [0.1, 0.15) is 30.4 Å². The molecule has 1 saturated heterocycles. The summed E-state index contributed by atoms with van der Waals surface area (Å²) >= 11 is 0. The standard InChI is InChI=1S/C17H26N2O2/c1-13-5-6-16(10-14(13)2)18-17(21)12-19-8-3-4-15(11-19)7-9-20/h5-6,10,15,20H,3-4,7-9,11-12H2,1-2H3,(H,18,21). The molecule has 1 atom stereocenters. The smallest absolute Gasteiger partial charge is 0.238 e. The van der Waals surface area contributed by atoms with Crippen LogP contribution in [0.4, 0.5) is 5.69 Å². The number of hydrogen-bond acceptors (Lipinski definition) is 3. The number of benzene rings is 1. The Balaban J connectivity index is 1.84. The summed E-state index contributed by atoms with van der Waals surface area (Å²) in [4.78, 5) is 14.3. The van der Waals surface area contributed by atoms with Gasteiger partial charge in [0.2, 0.25) is 5.91 Å². The van der Waals surface area contributed by atoms with E-state index >= 15 is 0 Å². The lowest BCUT2D eigenvalue weighted by atomic mass is 9.95. The largest absolute Gasteiger partial charge is 0.396 e. The van der Waals surface area contributed by atoms with Crippen molar-refractivity contribution < 1.29 is 9.90 Å². The zero-order valence-electron chi connectivity index (χ0n) is 13.1. The molecule has 0 spiro atoms. The number of nitrogens with zero attached hydrogens (tertiary/aromatic N) is 1. The maximum absolute atomic E-state index is 12.1. The summed E-state index contributed by atoms with van der Waals surface area (Å²) in [5.74, 6) is 0.570. The van der Waals surface area contributed by atoms with Crippen molar-refractivity contribution in [2.45, 2.75) is 33.1 Å². The Hall–Kier alpha value is -1.39. The first-order valence-corrected chi connectivity index (χ1v) is 7.79. The van der Waals surface area contributed by atoms with E-state index in [9.17, 15) is 4.79 Å². The summed E-state index contributed by atoms with van der Waals surface area (Å²) in [6.45, 7) is 6.69. The lowest BCUT2D eigenvalue weighted by Gasteiger charge is -2.31. The third-order valence-electron chi connectivity index (χ3n) is 4.30. The SMILES string of the molecule is Cc1ccc(NC(=O)CN2CCCC(CCO)C2)cc1C. The van der Waals surface area contributed by atoms with Crippen molar-refractivity contribution in [3.63, 3.8) is 0 Å². The number of amides is 1. The third kappa shape index (κ3) is 4.83. The molecule has 1 aromatic carbocycles. The van der Waals surface area contributed by atoms with E-state index in [1.807, 2.05) is 18.2 Å². The van der Waals surface area contributed by atoms with Crippen LogP contribution in [0.2, 0.25) is 0 Å². The molecule has 1 aliphatic rings. The summed E-state index contributed by atoms with van der Waals surface area (Å²) in [6.07, 6.45) is 3.12. The van der Waals surface area contributed by atoms with E-state index in [0.717, 1.165) is 38.0 Å². The molecule has 0 saturated carbocycles. The lowest BCUT2D eigenvalue weighted by Crippen LogP contribution is -2.40. The molecule has 2 rings (SSSR count). The molecule has 1 fully saturated rings. The summed E-state index contributed by atoms with van der Waals surface area (Å²) in [6, 6.07) is 5.99. The van der Waals surface area contributed by atoms with E-state index in [0.29, 0.717) is 12.5 Å². The topological polar surface area (TPSA) is 52.6 Å². The quantitative estimate of drug-likeness (QED) is 0.875. The van der Waals surface area contributed by atoms with Crippen LogP contribution in [0.3, 0.4) is 0 Å². The minimum Gasteiger partial charge on any atom is -0.396 e. The number of hydrogen-bond donors (Lipinski definition) is 2. The third-order valence-corrected chi connectivity index (χ3v) is 4.30. The predicted molar refractivity (Wildman–Crippen MR) is 85.4 cm³/mol. The number of carbonyl (C=O) groups excluding carboxylic acids is 1. The minimum absolute atomic E-state index is 0.0444. The molecule has 1 amide bonds. The Labute approximate surface area is 127 Å². The number of anilines is 1. The molecule has 1 aromatic rings. The first kappa shape index (κ1) is 16.0. The van der Waals surface area contributed by atoms with Gasteiger partial charge in [0, 0.05) is 18.8 Å². The van der Waals surface area contributed by atoms with Gasteiger partial charge in [0.1, 0.15) is 0 Å². The van der Waals surface area contributed by atoms with E-state index in [1.54, 1.807) is 0 Å². The van der Waals surface area contributed by atoms with Crippen molar-refractivity contribution >= 4 is 11.6 Å². The lowest BCUT2D eigenvalue weighted by molar-refractivity contribution is -0.117. The Morgan fingerprint density at radius 3 is 2.90 bits per heavy atom. The Bertz CT molecular complexity index is 486. The number of carbonyl (C=O) groups is 1. The van der Waals surface area contributed by atoms with E-state index < -0.39 is 0 Å². The van der Waals surface area contributed by atoms with Crippen molar-refractivity contribution in [1.29, 1.82) is 0 Å². The van der Waals surface area contributed by atoms with Gasteiger partial charge < -0.3 is 10.4 Å². The number of nitrogens with one attached hydrogen (secondary N) is 1. The summed E-state index contributed by atoms with van der Waals surface area (Å²) in [5.41, 5.74) is 3.29. The van der Waals surface area contributed by atoms with Gasteiger partial charge in [0.15, 0.2) is 0 Å². The van der Waals surface area contributed by atoms with Crippen LogP contribution in [0.5, 0.6) is 0 Å². The second-order valence-electron chi connectivity index (χ2n) is 6.10. The summed E-state index contributed by atoms with van der Waals surface area (Å²) in [7, 11) is 0. The molecule has 0 radical (unpaired) electrons. The molecular formula is C17H26N2O2. The Morgan fingerprint density at radius 2 is 2.19 bits per heavy atom. The number of aliphatic hydroxyl groups excluding tert-OH is 1. The monoisotopic (exact) mass is 290 g/mol. The molecule has 0 bridgehead atoms. The van der Waals surface area contributed by atoms with Crippen LogP contribution < -0.4 is 5.32 Å². The van der Waals surface area contributed by atoms with Gasteiger partial charge in [0.25, 0.3) is 0 Å². The van der Waals surface area contributed by atoms with Gasteiger partial charge in [0.05, 0.1) is 6.54 Å². The van der Waals surface area contributed by atoms with Crippen LogP contribution in [-0.4, -0.2) is 42.2 Å². The summed E-state index contributed by atoms with van der Waals surface area (Å²) in [5, 5.41) is 12.0. The molecule has 116 valence electrons. The molecule has 0 aliphatic carbocycles. The van der Waals surface area contributed by atoms with Crippen molar-refractivity contribution in [1.82, 2.24) is 4.90 Å². The average molecular weight is 290 g/mol. The zero-order chi connectivity index (χ0) is 15.2. The predicted octanol–water partition coefficient (Wildman–Crippen LogP) is 2.34. The highest BCUT2D eigenvalue weighted by Crippen LogP contribution is 2.19. The average Bonchev–Trinajstić information content (AvgIpc) is 2.43. The number of likely N-dealkylation sites (tertiary alicyclic amines) is 1. The van der Waals surface area contributed by atoms with E-state index in [4.69, 9.17) is 5.11 Å². The van der Waals surface area contributed by atoms with E-state index in [1.165, 1.54) is 11.1 Å². The van der Waals surface area contributed by atoms with Crippen LogP contribution in [0, 0.1) is 19.8 Å². The summed E-state index contributed by atoms with van der Waals surface area (Å²) < 4.78 is 0. The highest BCUT2D eigenvalue weighted by molar-refractivity contribution is 5.92. The fourth-order valence-corrected chi connectivity index (χ4v) is 2.94. The van der Waals surface area contributed by atoms with E-state index in [2.05, 4.69) is 24.1 Å². The molecule has 4 heteroatoms. The molecule has 2 N–H and O–H groups in total. The molecule has 1 unspecified atom stereocenters. The fourth-order valence-electron chi connectivity index (χ4n) is 2.94. The Morgan fingerprint density at radius 1 is 1.38 bits per heavy atom. The number of aryl methyl sites for hydroxylation is 2. The van der Waals surface area contributed by atoms with Crippen LogP contribution >= 0.6 is 0 Å². The first-order chi connectivity index (χ1) is 10.1. The van der Waals surface area contributed by atoms with Gasteiger partial charge in [-0.3, -0.25) is 9.69 Å². The van der Waals surface area contributed by atoms with Crippen LogP contribution in [0.15, 0.2) is 18.2 Å². The minimum atomic E-state index is 0.0444. The fraction of sp³-hybridized carbons (Fsp3) is 0.588. The highest BCUT2D eigenvalue weighted by Gasteiger charge is 2.21. The van der Waals surface area contributed by atoms with Crippen molar-refractivity contribution in [3.05, 3.63) is 29.3 Å². The van der Waals surface area contributed by atoms with Crippen molar-refractivity contribution in [3.8, 4) is 0 Å². The second-order valence-corrected chi connectivity index (χ2v) is 6.10. The maximum Gasteiger partial charge on any atom is 0.238 e.